The number of aliphatic hydroxyl groups is 1. The summed E-state index contributed by atoms with van der Waals surface area (Å²) in [5.74, 6) is -1.28. The topological polar surface area (TPSA) is 89.9 Å². The number of nitrogens with zero attached hydrogens (tertiary/aromatic N) is 1. The van der Waals surface area contributed by atoms with E-state index in [2.05, 4.69) is 5.32 Å². The minimum absolute atomic E-state index is 0.0146. The molecule has 0 spiro atoms. The second kappa shape index (κ2) is 7.49. The molecule has 1 aromatic carbocycles. The predicted molar refractivity (Wildman–Crippen MR) is 74.3 cm³/mol. The standard InChI is InChI=1S/C14H20N2O4/c1-10-5-3-4-6-11(10)9-16(2)14(20)15-8-7-12(17)13(18)19/h3-6,12,17H,7-9H2,1-2H3,(H,15,20)(H,18,19). The molecule has 2 amide bonds. The van der Waals surface area contributed by atoms with Crippen molar-refractivity contribution in [2.75, 3.05) is 13.6 Å². The van der Waals surface area contributed by atoms with Crippen LogP contribution in [0.5, 0.6) is 0 Å². The van der Waals surface area contributed by atoms with E-state index in [1.165, 1.54) is 4.90 Å². The first-order chi connectivity index (χ1) is 9.41. The summed E-state index contributed by atoms with van der Waals surface area (Å²) in [4.78, 5) is 23.7. The normalized spacial score (nSPS) is 11.8. The third-order valence-electron chi connectivity index (χ3n) is 2.99. The van der Waals surface area contributed by atoms with Crippen molar-refractivity contribution in [1.82, 2.24) is 10.2 Å². The number of rotatable bonds is 6. The van der Waals surface area contributed by atoms with Crippen molar-refractivity contribution in [3.63, 3.8) is 0 Å². The van der Waals surface area contributed by atoms with Crippen molar-refractivity contribution in [2.24, 2.45) is 0 Å². The molecule has 0 aliphatic carbocycles. The maximum atomic E-state index is 11.8. The van der Waals surface area contributed by atoms with Crippen molar-refractivity contribution >= 4 is 12.0 Å². The van der Waals surface area contributed by atoms with Gasteiger partial charge in [0, 0.05) is 26.6 Å². The summed E-state index contributed by atoms with van der Waals surface area (Å²) in [5.41, 5.74) is 2.16. The van der Waals surface area contributed by atoms with Gasteiger partial charge in [0.05, 0.1) is 0 Å². The molecule has 0 bridgehead atoms. The predicted octanol–water partition coefficient (Wildman–Crippen LogP) is 0.972. The maximum Gasteiger partial charge on any atom is 0.332 e. The van der Waals surface area contributed by atoms with E-state index in [9.17, 15) is 9.59 Å². The van der Waals surface area contributed by atoms with Gasteiger partial charge in [0.1, 0.15) is 0 Å². The molecule has 0 heterocycles. The van der Waals surface area contributed by atoms with Gasteiger partial charge in [-0.15, -0.1) is 0 Å². The minimum Gasteiger partial charge on any atom is -0.479 e. The molecule has 1 unspecified atom stereocenters. The van der Waals surface area contributed by atoms with Gasteiger partial charge in [0.25, 0.3) is 0 Å². The van der Waals surface area contributed by atoms with Crippen LogP contribution < -0.4 is 5.32 Å². The van der Waals surface area contributed by atoms with E-state index < -0.39 is 12.1 Å². The molecule has 0 saturated carbocycles. The quantitative estimate of drug-likeness (QED) is 0.724. The van der Waals surface area contributed by atoms with Crippen molar-refractivity contribution in [2.45, 2.75) is 26.0 Å². The molecule has 6 heteroatoms. The van der Waals surface area contributed by atoms with Gasteiger partial charge < -0.3 is 20.4 Å². The summed E-state index contributed by atoms with van der Waals surface area (Å²) in [6.07, 6.45) is -1.46. The lowest BCUT2D eigenvalue weighted by atomic mass is 10.1. The summed E-state index contributed by atoms with van der Waals surface area (Å²) in [6.45, 7) is 2.56. The number of aliphatic carboxylic acids is 1. The van der Waals surface area contributed by atoms with Gasteiger partial charge in [0.15, 0.2) is 6.10 Å². The third kappa shape index (κ3) is 4.89. The van der Waals surface area contributed by atoms with Crippen LogP contribution in [0.25, 0.3) is 0 Å². The fraction of sp³-hybridized carbons (Fsp3) is 0.429. The second-order valence-electron chi connectivity index (χ2n) is 4.66. The van der Waals surface area contributed by atoms with E-state index in [-0.39, 0.29) is 19.0 Å². The number of aryl methyl sites for hydroxylation is 1. The number of benzene rings is 1. The van der Waals surface area contributed by atoms with Crippen LogP contribution in [0.1, 0.15) is 17.5 Å². The van der Waals surface area contributed by atoms with Crippen LogP contribution >= 0.6 is 0 Å². The van der Waals surface area contributed by atoms with E-state index in [0.717, 1.165) is 11.1 Å². The molecule has 0 aromatic heterocycles. The Morgan fingerprint density at radius 3 is 2.60 bits per heavy atom. The van der Waals surface area contributed by atoms with Crippen molar-refractivity contribution in [3.8, 4) is 0 Å². The molecule has 20 heavy (non-hydrogen) atoms. The molecule has 110 valence electrons. The highest BCUT2D eigenvalue weighted by atomic mass is 16.4. The highest BCUT2D eigenvalue weighted by Gasteiger charge is 2.14. The number of amides is 2. The summed E-state index contributed by atoms with van der Waals surface area (Å²) in [6, 6.07) is 7.48. The molecular weight excluding hydrogens is 260 g/mol. The fourth-order valence-electron chi connectivity index (χ4n) is 1.69. The molecule has 0 fully saturated rings. The molecule has 0 radical (unpaired) electrons. The van der Waals surface area contributed by atoms with Gasteiger partial charge in [-0.05, 0) is 18.1 Å². The Labute approximate surface area is 118 Å². The number of aliphatic hydroxyl groups excluding tert-OH is 1. The number of carboxylic acid groups (broad SMARTS) is 1. The highest BCUT2D eigenvalue weighted by molar-refractivity contribution is 5.74. The first-order valence-corrected chi connectivity index (χ1v) is 6.36. The molecule has 3 N–H and O–H groups in total. The maximum absolute atomic E-state index is 11.8. The molecule has 6 nitrogen and oxygen atoms in total. The Balaban J connectivity index is 2.40. The van der Waals surface area contributed by atoms with E-state index in [4.69, 9.17) is 10.2 Å². The lowest BCUT2D eigenvalue weighted by Gasteiger charge is -2.19. The van der Waals surface area contributed by atoms with Crippen LogP contribution in [0, 0.1) is 6.92 Å². The fourth-order valence-corrected chi connectivity index (χ4v) is 1.69. The largest absolute Gasteiger partial charge is 0.479 e. The zero-order valence-electron chi connectivity index (χ0n) is 11.7. The van der Waals surface area contributed by atoms with Gasteiger partial charge >= 0.3 is 12.0 Å². The number of carboxylic acids is 1. The van der Waals surface area contributed by atoms with Crippen molar-refractivity contribution < 1.29 is 19.8 Å². The monoisotopic (exact) mass is 280 g/mol. The van der Waals surface area contributed by atoms with Gasteiger partial charge in [0.2, 0.25) is 0 Å². The number of carbonyl (C=O) groups excluding carboxylic acids is 1. The molecule has 0 aliphatic heterocycles. The lowest BCUT2D eigenvalue weighted by molar-refractivity contribution is -0.146. The number of hydrogen-bond acceptors (Lipinski definition) is 3. The average molecular weight is 280 g/mol. The smallest absolute Gasteiger partial charge is 0.332 e. The zero-order valence-corrected chi connectivity index (χ0v) is 11.7. The van der Waals surface area contributed by atoms with Crippen LogP contribution in [-0.4, -0.2) is 46.8 Å². The van der Waals surface area contributed by atoms with Gasteiger partial charge in [-0.2, -0.15) is 0 Å². The molecule has 1 aromatic rings. The third-order valence-corrected chi connectivity index (χ3v) is 2.99. The van der Waals surface area contributed by atoms with Gasteiger partial charge in [-0.25, -0.2) is 9.59 Å². The summed E-state index contributed by atoms with van der Waals surface area (Å²) in [5, 5.41) is 20.2. The van der Waals surface area contributed by atoms with E-state index in [1.807, 2.05) is 31.2 Å². The second-order valence-corrected chi connectivity index (χ2v) is 4.66. The van der Waals surface area contributed by atoms with Gasteiger partial charge in [-0.1, -0.05) is 24.3 Å². The number of urea groups is 1. The molecule has 1 atom stereocenters. The molecular formula is C14H20N2O4. The first-order valence-electron chi connectivity index (χ1n) is 6.36. The SMILES string of the molecule is Cc1ccccc1CN(C)C(=O)NCCC(O)C(=O)O. The minimum atomic E-state index is -1.45. The Kier molecular flexibility index (Phi) is 5.99. The Morgan fingerprint density at radius 2 is 2.00 bits per heavy atom. The van der Waals surface area contributed by atoms with Crippen molar-refractivity contribution in [3.05, 3.63) is 35.4 Å². The molecule has 1 rings (SSSR count). The molecule has 0 aliphatic rings. The first kappa shape index (κ1) is 16.0. The molecule has 0 saturated heterocycles. The van der Waals surface area contributed by atoms with Crippen LogP contribution in [0.2, 0.25) is 0 Å². The highest BCUT2D eigenvalue weighted by Crippen LogP contribution is 2.09. The van der Waals surface area contributed by atoms with E-state index >= 15 is 0 Å². The van der Waals surface area contributed by atoms with E-state index in [1.54, 1.807) is 7.05 Å². The number of hydrogen-bond donors (Lipinski definition) is 3. The Bertz CT molecular complexity index is 476. The van der Waals surface area contributed by atoms with Crippen LogP contribution in [0.15, 0.2) is 24.3 Å². The average Bonchev–Trinajstić information content (AvgIpc) is 2.40. The number of carbonyl (C=O) groups is 2. The van der Waals surface area contributed by atoms with Crippen LogP contribution in [0.3, 0.4) is 0 Å². The Morgan fingerprint density at radius 1 is 1.35 bits per heavy atom. The van der Waals surface area contributed by atoms with Crippen molar-refractivity contribution in [1.29, 1.82) is 0 Å². The number of nitrogens with one attached hydrogen (secondary N) is 1. The van der Waals surface area contributed by atoms with Crippen LogP contribution in [0.4, 0.5) is 4.79 Å². The summed E-state index contributed by atoms with van der Waals surface area (Å²) >= 11 is 0. The van der Waals surface area contributed by atoms with Gasteiger partial charge in [-0.3, -0.25) is 0 Å². The van der Waals surface area contributed by atoms with Crippen LogP contribution in [-0.2, 0) is 11.3 Å². The Hall–Kier alpha value is -2.08. The summed E-state index contributed by atoms with van der Waals surface area (Å²) < 4.78 is 0. The zero-order chi connectivity index (χ0) is 15.1. The lowest BCUT2D eigenvalue weighted by Crippen LogP contribution is -2.38. The summed E-state index contributed by atoms with van der Waals surface area (Å²) in [7, 11) is 1.66. The van der Waals surface area contributed by atoms with E-state index in [0.29, 0.717) is 6.54 Å².